The first-order valence-corrected chi connectivity index (χ1v) is 9.22. The smallest absolute Gasteiger partial charge is 0.333 e. The maximum atomic E-state index is 12.5. The normalized spacial score (nSPS) is 12.3. The third kappa shape index (κ3) is 5.29. The van der Waals surface area contributed by atoms with Crippen LogP contribution < -0.4 is 0 Å². The number of hydrogen-bond acceptors (Lipinski definition) is 4. The van der Waals surface area contributed by atoms with E-state index < -0.39 is 13.2 Å². The van der Waals surface area contributed by atoms with E-state index in [4.69, 9.17) is 9.05 Å². The summed E-state index contributed by atoms with van der Waals surface area (Å²) in [6.45, 7) is 0. The molecule has 0 bridgehead atoms. The zero-order chi connectivity index (χ0) is 16.8. The van der Waals surface area contributed by atoms with Crippen molar-refractivity contribution in [3.05, 3.63) is 71.8 Å². The van der Waals surface area contributed by atoms with Crippen molar-refractivity contribution in [2.45, 2.75) is 18.4 Å². The molecule has 0 spiro atoms. The lowest BCUT2D eigenvalue weighted by molar-refractivity contribution is 0.0570. The maximum absolute atomic E-state index is 12.5. The Morgan fingerprint density at radius 3 is 1.61 bits per heavy atom. The topological polar surface area (TPSA) is 55.8 Å². The fourth-order valence-corrected chi connectivity index (χ4v) is 4.04. The third-order valence-electron chi connectivity index (χ3n) is 3.80. The first-order chi connectivity index (χ1) is 11.0. The lowest BCUT2D eigenvalue weighted by atomic mass is 9.89. The van der Waals surface area contributed by atoms with Crippen molar-refractivity contribution in [2.24, 2.45) is 0 Å². The fraction of sp³-hybridized carbons (Fsp3) is 0.333. The van der Waals surface area contributed by atoms with Crippen molar-refractivity contribution in [2.75, 3.05) is 20.4 Å². The molecule has 1 N–H and O–H groups in total. The quantitative estimate of drug-likeness (QED) is 0.748. The van der Waals surface area contributed by atoms with Gasteiger partial charge in [0.15, 0.2) is 0 Å². The van der Waals surface area contributed by atoms with Gasteiger partial charge in [0.2, 0.25) is 0 Å². The van der Waals surface area contributed by atoms with E-state index in [1.165, 1.54) is 14.2 Å². The molecule has 4 nitrogen and oxygen atoms in total. The Morgan fingerprint density at radius 1 is 0.870 bits per heavy atom. The molecule has 2 aromatic rings. The van der Waals surface area contributed by atoms with Gasteiger partial charge in [-0.3, -0.25) is 4.57 Å². The van der Waals surface area contributed by atoms with Crippen LogP contribution in [0.5, 0.6) is 0 Å². The van der Waals surface area contributed by atoms with E-state index in [2.05, 4.69) is 0 Å². The lowest BCUT2D eigenvalue weighted by Crippen LogP contribution is -2.38. The zero-order valence-corrected chi connectivity index (χ0v) is 14.4. The molecule has 0 aromatic heterocycles. The van der Waals surface area contributed by atoms with E-state index in [9.17, 15) is 9.67 Å². The molecular formula is C18H23O4P. The number of rotatable bonds is 8. The molecule has 0 atom stereocenters. The Kier molecular flexibility index (Phi) is 6.14. The van der Waals surface area contributed by atoms with Gasteiger partial charge in [-0.25, -0.2) is 0 Å². The molecule has 0 unspecified atom stereocenters. The van der Waals surface area contributed by atoms with Crippen molar-refractivity contribution in [3.8, 4) is 0 Å². The highest BCUT2D eigenvalue weighted by Gasteiger charge is 2.38. The first-order valence-electron chi connectivity index (χ1n) is 7.49. The second-order valence-electron chi connectivity index (χ2n) is 5.68. The summed E-state index contributed by atoms with van der Waals surface area (Å²) >= 11 is 0. The Balaban J connectivity index is 2.27. The average Bonchev–Trinajstić information content (AvgIpc) is 2.56. The summed E-state index contributed by atoms with van der Waals surface area (Å²) in [5.74, 6) is 0. The largest absolute Gasteiger partial charge is 0.389 e. The van der Waals surface area contributed by atoms with Crippen LogP contribution in [0.2, 0.25) is 0 Å². The van der Waals surface area contributed by atoms with Gasteiger partial charge in [-0.2, -0.15) is 0 Å². The SMILES string of the molecule is COP(=O)(CC(O)(Cc1ccccc1)Cc1ccccc1)OC. The van der Waals surface area contributed by atoms with Crippen LogP contribution in [0.4, 0.5) is 0 Å². The standard InChI is InChI=1S/C18H23O4P/c1-21-23(20,22-2)15-18(19,13-16-9-5-3-6-10-16)14-17-11-7-4-8-12-17/h3-12,19H,13-15H2,1-2H3. The molecule has 0 saturated heterocycles. The zero-order valence-electron chi connectivity index (χ0n) is 13.5. The second-order valence-corrected chi connectivity index (χ2v) is 7.95. The van der Waals surface area contributed by atoms with Crippen LogP contribution >= 0.6 is 7.60 Å². The predicted octanol–water partition coefficient (Wildman–Crippen LogP) is 3.69. The van der Waals surface area contributed by atoms with Crippen LogP contribution in [-0.4, -0.2) is 31.1 Å². The molecule has 23 heavy (non-hydrogen) atoms. The van der Waals surface area contributed by atoms with Crippen molar-refractivity contribution >= 4 is 7.60 Å². The van der Waals surface area contributed by atoms with E-state index in [1.807, 2.05) is 60.7 Å². The van der Waals surface area contributed by atoms with E-state index >= 15 is 0 Å². The molecule has 5 heteroatoms. The number of hydrogen-bond donors (Lipinski definition) is 1. The molecule has 0 aliphatic heterocycles. The molecule has 2 rings (SSSR count). The van der Waals surface area contributed by atoms with Crippen LogP contribution in [0.1, 0.15) is 11.1 Å². The number of benzene rings is 2. The van der Waals surface area contributed by atoms with Gasteiger partial charge in [0.1, 0.15) is 0 Å². The third-order valence-corrected chi connectivity index (χ3v) is 5.88. The van der Waals surface area contributed by atoms with Gasteiger partial charge < -0.3 is 14.2 Å². The Bertz CT molecular complexity index is 593. The molecule has 0 aliphatic carbocycles. The van der Waals surface area contributed by atoms with Gasteiger partial charge in [-0.05, 0) is 11.1 Å². The summed E-state index contributed by atoms with van der Waals surface area (Å²) in [4.78, 5) is 0. The van der Waals surface area contributed by atoms with Gasteiger partial charge in [-0.1, -0.05) is 60.7 Å². The van der Waals surface area contributed by atoms with E-state index in [1.54, 1.807) is 0 Å². The maximum Gasteiger partial charge on any atom is 0.333 e. The Hall–Kier alpha value is -1.45. The summed E-state index contributed by atoms with van der Waals surface area (Å²) in [6, 6.07) is 19.3. The highest BCUT2D eigenvalue weighted by Crippen LogP contribution is 2.49. The second kappa shape index (κ2) is 7.89. The van der Waals surface area contributed by atoms with Crippen LogP contribution in [-0.2, 0) is 26.5 Å². The van der Waals surface area contributed by atoms with E-state index in [0.717, 1.165) is 11.1 Å². The van der Waals surface area contributed by atoms with Gasteiger partial charge >= 0.3 is 7.60 Å². The average molecular weight is 334 g/mol. The van der Waals surface area contributed by atoms with Gasteiger partial charge in [0, 0.05) is 27.1 Å². The molecule has 0 amide bonds. The van der Waals surface area contributed by atoms with Crippen LogP contribution in [0, 0.1) is 0 Å². The van der Waals surface area contributed by atoms with E-state index in [-0.39, 0.29) is 6.16 Å². The highest BCUT2D eigenvalue weighted by molar-refractivity contribution is 7.53. The van der Waals surface area contributed by atoms with Crippen LogP contribution in [0.15, 0.2) is 60.7 Å². The highest BCUT2D eigenvalue weighted by atomic mass is 31.2. The monoisotopic (exact) mass is 334 g/mol. The molecule has 0 radical (unpaired) electrons. The summed E-state index contributed by atoms with van der Waals surface area (Å²) in [5, 5.41) is 11.2. The molecule has 0 fully saturated rings. The fourth-order valence-electron chi connectivity index (χ4n) is 2.69. The molecule has 0 aliphatic rings. The van der Waals surface area contributed by atoms with Crippen molar-refractivity contribution in [3.63, 3.8) is 0 Å². The minimum absolute atomic E-state index is 0.0587. The summed E-state index contributed by atoms with van der Waals surface area (Å²) < 4.78 is 22.6. The van der Waals surface area contributed by atoms with Crippen molar-refractivity contribution in [1.29, 1.82) is 0 Å². The Morgan fingerprint density at radius 2 is 1.26 bits per heavy atom. The van der Waals surface area contributed by atoms with Crippen LogP contribution in [0.3, 0.4) is 0 Å². The lowest BCUT2D eigenvalue weighted by Gasteiger charge is -2.31. The van der Waals surface area contributed by atoms with Crippen molar-refractivity contribution < 1.29 is 18.7 Å². The van der Waals surface area contributed by atoms with E-state index in [0.29, 0.717) is 12.8 Å². The summed E-state index contributed by atoms with van der Waals surface area (Å²) in [7, 11) is -0.641. The predicted molar refractivity (Wildman–Crippen MR) is 91.7 cm³/mol. The molecule has 124 valence electrons. The minimum Gasteiger partial charge on any atom is -0.389 e. The van der Waals surface area contributed by atoms with Crippen LogP contribution in [0.25, 0.3) is 0 Å². The van der Waals surface area contributed by atoms with Gasteiger partial charge in [0.05, 0.1) is 11.8 Å². The minimum atomic E-state index is -3.33. The van der Waals surface area contributed by atoms with Gasteiger partial charge in [0.25, 0.3) is 0 Å². The van der Waals surface area contributed by atoms with Gasteiger partial charge in [-0.15, -0.1) is 0 Å². The van der Waals surface area contributed by atoms with Crippen molar-refractivity contribution in [1.82, 2.24) is 0 Å². The summed E-state index contributed by atoms with van der Waals surface area (Å²) in [5.41, 5.74) is 0.735. The summed E-state index contributed by atoms with van der Waals surface area (Å²) in [6.07, 6.45) is 0.690. The molecular weight excluding hydrogens is 311 g/mol. The Labute approximate surface area is 137 Å². The number of aliphatic hydroxyl groups is 1. The molecule has 2 aromatic carbocycles. The molecule has 0 heterocycles. The first kappa shape index (κ1) is 17.9. The molecule has 0 saturated carbocycles.